The van der Waals surface area contributed by atoms with Crippen LogP contribution in [0.3, 0.4) is 0 Å². The fourth-order valence-corrected chi connectivity index (χ4v) is 2.08. The van der Waals surface area contributed by atoms with Crippen molar-refractivity contribution in [2.24, 2.45) is 0 Å². The summed E-state index contributed by atoms with van der Waals surface area (Å²) in [5.74, 6) is 0.234. The average Bonchev–Trinajstić information content (AvgIpc) is 2.57. The van der Waals surface area contributed by atoms with Gasteiger partial charge in [0.2, 0.25) is 5.95 Å². The van der Waals surface area contributed by atoms with Gasteiger partial charge in [-0.25, -0.2) is 9.97 Å². The highest BCUT2D eigenvalue weighted by atomic mass is 16.5. The Bertz CT molecular complexity index is 646. The number of aryl methyl sites for hydroxylation is 1. The SMILES string of the molecule is COCCCNc1nccc(C(=O)NCc2cccc(C)c2)n1. The first-order valence-corrected chi connectivity index (χ1v) is 7.58. The van der Waals surface area contributed by atoms with Crippen LogP contribution in [0.15, 0.2) is 36.5 Å². The number of amides is 1. The Hall–Kier alpha value is -2.47. The Kier molecular flexibility index (Phi) is 6.50. The van der Waals surface area contributed by atoms with Gasteiger partial charge in [-0.05, 0) is 25.0 Å². The first kappa shape index (κ1) is 16.9. The zero-order chi connectivity index (χ0) is 16.5. The van der Waals surface area contributed by atoms with Gasteiger partial charge in [0, 0.05) is 33.0 Å². The maximum atomic E-state index is 12.2. The molecule has 0 saturated heterocycles. The molecule has 0 bridgehead atoms. The van der Waals surface area contributed by atoms with Crippen molar-refractivity contribution in [3.63, 3.8) is 0 Å². The molecule has 2 rings (SSSR count). The van der Waals surface area contributed by atoms with E-state index in [-0.39, 0.29) is 5.91 Å². The molecule has 0 unspecified atom stereocenters. The molecule has 0 spiro atoms. The molecular weight excluding hydrogens is 292 g/mol. The fourth-order valence-electron chi connectivity index (χ4n) is 2.08. The lowest BCUT2D eigenvalue weighted by molar-refractivity contribution is 0.0946. The highest BCUT2D eigenvalue weighted by molar-refractivity contribution is 5.92. The number of hydrogen-bond donors (Lipinski definition) is 2. The van der Waals surface area contributed by atoms with Crippen LogP contribution in [0.4, 0.5) is 5.95 Å². The van der Waals surface area contributed by atoms with Gasteiger partial charge in [-0.3, -0.25) is 4.79 Å². The zero-order valence-corrected chi connectivity index (χ0v) is 13.5. The molecule has 6 nitrogen and oxygen atoms in total. The largest absolute Gasteiger partial charge is 0.385 e. The molecule has 0 aliphatic rings. The molecule has 1 aromatic carbocycles. The van der Waals surface area contributed by atoms with E-state index in [1.807, 2.05) is 31.2 Å². The number of benzene rings is 1. The number of methoxy groups -OCH3 is 1. The summed E-state index contributed by atoms with van der Waals surface area (Å²) in [6.07, 6.45) is 2.43. The van der Waals surface area contributed by atoms with Crippen LogP contribution >= 0.6 is 0 Å². The van der Waals surface area contributed by atoms with Crippen molar-refractivity contribution in [3.05, 3.63) is 53.3 Å². The molecule has 1 heterocycles. The minimum atomic E-state index is -0.214. The van der Waals surface area contributed by atoms with E-state index in [0.717, 1.165) is 12.0 Å². The van der Waals surface area contributed by atoms with Gasteiger partial charge in [-0.1, -0.05) is 29.8 Å². The molecule has 1 aromatic heterocycles. The summed E-state index contributed by atoms with van der Waals surface area (Å²) in [5, 5.41) is 5.94. The second-order valence-corrected chi connectivity index (χ2v) is 5.21. The molecular formula is C17H22N4O2. The monoisotopic (exact) mass is 314 g/mol. The van der Waals surface area contributed by atoms with E-state index < -0.39 is 0 Å². The van der Waals surface area contributed by atoms with Crippen LogP contribution in [-0.4, -0.2) is 36.1 Å². The van der Waals surface area contributed by atoms with Gasteiger partial charge < -0.3 is 15.4 Å². The van der Waals surface area contributed by atoms with Gasteiger partial charge in [0.1, 0.15) is 5.69 Å². The normalized spacial score (nSPS) is 10.3. The van der Waals surface area contributed by atoms with Crippen molar-refractivity contribution in [1.82, 2.24) is 15.3 Å². The van der Waals surface area contributed by atoms with Crippen LogP contribution in [0, 0.1) is 6.92 Å². The minimum Gasteiger partial charge on any atom is -0.385 e. The van der Waals surface area contributed by atoms with Crippen molar-refractivity contribution in [2.45, 2.75) is 19.9 Å². The molecule has 0 radical (unpaired) electrons. The van der Waals surface area contributed by atoms with Crippen molar-refractivity contribution < 1.29 is 9.53 Å². The van der Waals surface area contributed by atoms with Crippen molar-refractivity contribution in [1.29, 1.82) is 0 Å². The van der Waals surface area contributed by atoms with Crippen molar-refractivity contribution >= 4 is 11.9 Å². The van der Waals surface area contributed by atoms with E-state index in [1.165, 1.54) is 5.56 Å². The van der Waals surface area contributed by atoms with Gasteiger partial charge >= 0.3 is 0 Å². The summed E-state index contributed by atoms with van der Waals surface area (Å²) >= 11 is 0. The number of carbonyl (C=O) groups excluding carboxylic acids is 1. The van der Waals surface area contributed by atoms with Crippen LogP contribution < -0.4 is 10.6 Å². The third-order valence-corrected chi connectivity index (χ3v) is 3.23. The van der Waals surface area contributed by atoms with E-state index in [1.54, 1.807) is 19.4 Å². The lowest BCUT2D eigenvalue weighted by atomic mass is 10.1. The average molecular weight is 314 g/mol. The molecule has 1 amide bonds. The Morgan fingerprint density at radius 2 is 2.17 bits per heavy atom. The van der Waals surface area contributed by atoms with Crippen molar-refractivity contribution in [3.8, 4) is 0 Å². The maximum absolute atomic E-state index is 12.2. The Labute approximate surface area is 136 Å². The lowest BCUT2D eigenvalue weighted by Crippen LogP contribution is -2.24. The summed E-state index contributed by atoms with van der Waals surface area (Å²) in [6.45, 7) is 3.87. The maximum Gasteiger partial charge on any atom is 0.270 e. The number of carbonyl (C=O) groups is 1. The van der Waals surface area contributed by atoms with E-state index in [9.17, 15) is 4.79 Å². The number of nitrogens with zero attached hydrogens (tertiary/aromatic N) is 2. The minimum absolute atomic E-state index is 0.214. The molecule has 6 heteroatoms. The van der Waals surface area contributed by atoms with E-state index >= 15 is 0 Å². The number of aromatic nitrogens is 2. The standard InChI is InChI=1S/C17H22N4O2/c1-13-5-3-6-14(11-13)12-20-16(22)15-7-9-19-17(21-15)18-8-4-10-23-2/h3,5-7,9,11H,4,8,10,12H2,1-2H3,(H,20,22)(H,18,19,21). The number of nitrogens with one attached hydrogen (secondary N) is 2. The van der Waals surface area contributed by atoms with Crippen LogP contribution in [0.2, 0.25) is 0 Å². The van der Waals surface area contributed by atoms with Gasteiger partial charge in [-0.15, -0.1) is 0 Å². The lowest BCUT2D eigenvalue weighted by Gasteiger charge is -2.08. The van der Waals surface area contributed by atoms with Gasteiger partial charge in [0.15, 0.2) is 0 Å². The Morgan fingerprint density at radius 1 is 1.30 bits per heavy atom. The Morgan fingerprint density at radius 3 is 2.96 bits per heavy atom. The summed E-state index contributed by atoms with van der Waals surface area (Å²) in [4.78, 5) is 20.5. The number of anilines is 1. The Balaban J connectivity index is 1.89. The predicted molar refractivity (Wildman–Crippen MR) is 89.4 cm³/mol. The van der Waals surface area contributed by atoms with Crippen LogP contribution in [0.25, 0.3) is 0 Å². The summed E-state index contributed by atoms with van der Waals surface area (Å²) in [5.41, 5.74) is 2.58. The summed E-state index contributed by atoms with van der Waals surface area (Å²) in [7, 11) is 1.66. The molecule has 2 N–H and O–H groups in total. The quantitative estimate of drug-likeness (QED) is 0.730. The molecule has 0 aliphatic heterocycles. The smallest absolute Gasteiger partial charge is 0.270 e. The van der Waals surface area contributed by atoms with E-state index in [0.29, 0.717) is 31.3 Å². The second kappa shape index (κ2) is 8.85. The van der Waals surface area contributed by atoms with Crippen LogP contribution in [0.1, 0.15) is 28.0 Å². The molecule has 2 aromatic rings. The van der Waals surface area contributed by atoms with Gasteiger partial charge in [-0.2, -0.15) is 0 Å². The van der Waals surface area contributed by atoms with Gasteiger partial charge in [0.25, 0.3) is 5.91 Å². The topological polar surface area (TPSA) is 76.1 Å². The molecule has 0 fully saturated rings. The fraction of sp³-hybridized carbons (Fsp3) is 0.353. The second-order valence-electron chi connectivity index (χ2n) is 5.21. The number of hydrogen-bond acceptors (Lipinski definition) is 5. The molecule has 23 heavy (non-hydrogen) atoms. The third kappa shape index (κ3) is 5.67. The highest BCUT2D eigenvalue weighted by Gasteiger charge is 2.08. The number of ether oxygens (including phenoxy) is 1. The molecule has 0 aliphatic carbocycles. The molecule has 122 valence electrons. The van der Waals surface area contributed by atoms with Gasteiger partial charge in [0.05, 0.1) is 0 Å². The molecule has 0 saturated carbocycles. The summed E-state index contributed by atoms with van der Waals surface area (Å²) < 4.78 is 4.98. The van der Waals surface area contributed by atoms with E-state index in [2.05, 4.69) is 20.6 Å². The predicted octanol–water partition coefficient (Wildman–Crippen LogP) is 2.16. The molecule has 0 atom stereocenters. The first-order valence-electron chi connectivity index (χ1n) is 7.58. The first-order chi connectivity index (χ1) is 11.2. The highest BCUT2D eigenvalue weighted by Crippen LogP contribution is 2.05. The van der Waals surface area contributed by atoms with Crippen LogP contribution in [-0.2, 0) is 11.3 Å². The van der Waals surface area contributed by atoms with Crippen LogP contribution in [0.5, 0.6) is 0 Å². The zero-order valence-electron chi connectivity index (χ0n) is 13.5. The van der Waals surface area contributed by atoms with E-state index in [4.69, 9.17) is 4.74 Å². The van der Waals surface area contributed by atoms with Crippen molar-refractivity contribution in [2.75, 3.05) is 25.6 Å². The third-order valence-electron chi connectivity index (χ3n) is 3.23. The summed E-state index contributed by atoms with van der Waals surface area (Å²) in [6, 6.07) is 9.63. The number of rotatable bonds is 8.